The number of benzene rings is 1. The third-order valence-electron chi connectivity index (χ3n) is 4.35. The number of Topliss-reactive ketones (excluding diaryl/α,β-unsaturated/α-hetero) is 1. The van der Waals surface area contributed by atoms with Crippen molar-refractivity contribution in [3.8, 4) is 5.75 Å². The zero-order valence-electron chi connectivity index (χ0n) is 14.6. The molecule has 3 rings (SSSR count). The topological polar surface area (TPSA) is 99.2 Å². The number of rotatable bonds is 4. The molecule has 26 heavy (non-hydrogen) atoms. The molecule has 1 saturated heterocycles. The van der Waals surface area contributed by atoms with Crippen LogP contribution in [0.2, 0.25) is 0 Å². The SMILES string of the molecule is COc1ccc(C2(C)OC(N3CCCS3(=O)=O)=C(OC(C)=O)C2=O)cc1. The number of hydrogen-bond donors (Lipinski definition) is 0. The van der Waals surface area contributed by atoms with Gasteiger partial charge in [-0.15, -0.1) is 0 Å². The zero-order chi connectivity index (χ0) is 19.1. The lowest BCUT2D eigenvalue weighted by Gasteiger charge is -2.26. The van der Waals surface area contributed by atoms with E-state index in [0.29, 0.717) is 17.7 Å². The van der Waals surface area contributed by atoms with Crippen LogP contribution < -0.4 is 4.74 Å². The average molecular weight is 381 g/mol. The van der Waals surface area contributed by atoms with Crippen LogP contribution in [0, 0.1) is 0 Å². The van der Waals surface area contributed by atoms with Crippen molar-refractivity contribution in [1.82, 2.24) is 4.31 Å². The largest absolute Gasteiger partial charge is 0.497 e. The van der Waals surface area contributed by atoms with Crippen molar-refractivity contribution in [2.45, 2.75) is 25.9 Å². The van der Waals surface area contributed by atoms with Gasteiger partial charge in [0.15, 0.2) is 5.60 Å². The molecule has 0 saturated carbocycles. The summed E-state index contributed by atoms with van der Waals surface area (Å²) in [5.74, 6) is -1.43. The Labute approximate surface area is 151 Å². The molecule has 1 fully saturated rings. The molecule has 0 aromatic heterocycles. The maximum Gasteiger partial charge on any atom is 0.308 e. The third kappa shape index (κ3) is 2.92. The molecule has 2 heterocycles. The molecule has 1 atom stereocenters. The molecule has 8 nitrogen and oxygen atoms in total. The molecule has 2 aliphatic rings. The van der Waals surface area contributed by atoms with Gasteiger partial charge in [-0.05, 0) is 25.5 Å². The molecule has 1 aromatic rings. The Kier molecular flexibility index (Phi) is 4.43. The minimum atomic E-state index is -3.62. The highest BCUT2D eigenvalue weighted by atomic mass is 32.2. The number of esters is 1. The molecule has 0 N–H and O–H groups in total. The fourth-order valence-corrected chi connectivity index (χ4v) is 4.46. The van der Waals surface area contributed by atoms with Crippen LogP contribution in [0.5, 0.6) is 5.75 Å². The highest BCUT2D eigenvalue weighted by Gasteiger charge is 2.53. The second-order valence-corrected chi connectivity index (χ2v) is 8.18. The Bertz CT molecular complexity index is 888. The van der Waals surface area contributed by atoms with Crippen molar-refractivity contribution in [1.29, 1.82) is 0 Å². The monoisotopic (exact) mass is 381 g/mol. The molecule has 0 spiro atoms. The van der Waals surface area contributed by atoms with Crippen molar-refractivity contribution in [3.05, 3.63) is 41.5 Å². The van der Waals surface area contributed by atoms with Crippen molar-refractivity contribution < 1.29 is 32.2 Å². The fourth-order valence-electron chi connectivity index (χ4n) is 2.96. The van der Waals surface area contributed by atoms with Crippen LogP contribution in [0.25, 0.3) is 0 Å². The van der Waals surface area contributed by atoms with Crippen LogP contribution in [-0.4, -0.2) is 43.9 Å². The summed E-state index contributed by atoms with van der Waals surface area (Å²) in [5, 5.41) is 0. The minimum absolute atomic E-state index is 0.0549. The molecule has 0 aliphatic carbocycles. The second-order valence-electron chi connectivity index (χ2n) is 6.16. The smallest absolute Gasteiger partial charge is 0.308 e. The van der Waals surface area contributed by atoms with Crippen LogP contribution >= 0.6 is 0 Å². The average Bonchev–Trinajstić information content (AvgIpc) is 3.06. The number of methoxy groups -OCH3 is 1. The van der Waals surface area contributed by atoms with Crippen LogP contribution in [-0.2, 0) is 34.7 Å². The Morgan fingerprint density at radius 1 is 1.27 bits per heavy atom. The van der Waals surface area contributed by atoms with Crippen molar-refractivity contribution in [2.75, 3.05) is 19.4 Å². The van der Waals surface area contributed by atoms with E-state index in [-0.39, 0.29) is 23.9 Å². The predicted molar refractivity (Wildman–Crippen MR) is 90.3 cm³/mol. The Hall–Kier alpha value is -2.55. The number of ether oxygens (including phenoxy) is 3. The molecule has 0 radical (unpaired) electrons. The summed E-state index contributed by atoms with van der Waals surface area (Å²) < 4.78 is 41.5. The first-order valence-corrected chi connectivity index (χ1v) is 9.61. The third-order valence-corrected chi connectivity index (χ3v) is 6.17. The summed E-state index contributed by atoms with van der Waals surface area (Å²) in [7, 11) is -2.10. The highest BCUT2D eigenvalue weighted by molar-refractivity contribution is 7.89. The zero-order valence-corrected chi connectivity index (χ0v) is 15.5. The first-order chi connectivity index (χ1) is 12.2. The Morgan fingerprint density at radius 3 is 2.42 bits per heavy atom. The highest BCUT2D eigenvalue weighted by Crippen LogP contribution is 2.42. The quantitative estimate of drug-likeness (QED) is 0.724. The first kappa shape index (κ1) is 18.2. The summed E-state index contributed by atoms with van der Waals surface area (Å²) in [6.45, 7) is 2.81. The van der Waals surface area contributed by atoms with E-state index in [0.717, 1.165) is 11.2 Å². The van der Waals surface area contributed by atoms with E-state index in [2.05, 4.69) is 0 Å². The molecule has 140 valence electrons. The lowest BCUT2D eigenvalue weighted by Crippen LogP contribution is -2.33. The van der Waals surface area contributed by atoms with Gasteiger partial charge in [-0.3, -0.25) is 9.59 Å². The number of ketones is 1. The lowest BCUT2D eigenvalue weighted by molar-refractivity contribution is -0.142. The fraction of sp³-hybridized carbons (Fsp3) is 0.412. The van der Waals surface area contributed by atoms with E-state index in [9.17, 15) is 18.0 Å². The molecule has 9 heteroatoms. The van der Waals surface area contributed by atoms with Gasteiger partial charge in [0.2, 0.25) is 15.8 Å². The summed E-state index contributed by atoms with van der Waals surface area (Å²) in [5.41, 5.74) is -1.02. The van der Waals surface area contributed by atoms with Gasteiger partial charge in [0.25, 0.3) is 11.7 Å². The van der Waals surface area contributed by atoms with Crippen LogP contribution in [0.1, 0.15) is 25.8 Å². The number of carbonyl (C=O) groups is 2. The van der Waals surface area contributed by atoms with Crippen LogP contribution in [0.3, 0.4) is 0 Å². The van der Waals surface area contributed by atoms with Crippen molar-refractivity contribution in [3.63, 3.8) is 0 Å². The number of carbonyl (C=O) groups excluding carboxylic acids is 2. The van der Waals surface area contributed by atoms with E-state index >= 15 is 0 Å². The van der Waals surface area contributed by atoms with E-state index in [1.54, 1.807) is 24.3 Å². The van der Waals surface area contributed by atoms with Crippen LogP contribution in [0.15, 0.2) is 35.9 Å². The maximum absolute atomic E-state index is 13.0. The molecule has 0 amide bonds. The molecule has 2 aliphatic heterocycles. The normalized spacial score (nSPS) is 24.6. The summed E-state index contributed by atoms with van der Waals surface area (Å²) in [4.78, 5) is 24.4. The summed E-state index contributed by atoms with van der Waals surface area (Å²) in [6, 6.07) is 6.60. The van der Waals surface area contributed by atoms with E-state index < -0.39 is 27.4 Å². The number of hydrogen-bond acceptors (Lipinski definition) is 7. The molecule has 1 aromatic carbocycles. The predicted octanol–water partition coefficient (Wildman–Crippen LogP) is 1.28. The lowest BCUT2D eigenvalue weighted by atomic mass is 9.91. The molecular weight excluding hydrogens is 362 g/mol. The minimum Gasteiger partial charge on any atom is -0.497 e. The number of nitrogens with zero attached hydrogens (tertiary/aromatic N) is 1. The molecule has 1 unspecified atom stereocenters. The van der Waals surface area contributed by atoms with Crippen LogP contribution in [0.4, 0.5) is 0 Å². The van der Waals surface area contributed by atoms with Gasteiger partial charge in [-0.1, -0.05) is 12.1 Å². The van der Waals surface area contributed by atoms with Gasteiger partial charge < -0.3 is 14.2 Å². The van der Waals surface area contributed by atoms with Gasteiger partial charge in [0.1, 0.15) is 5.75 Å². The Morgan fingerprint density at radius 2 is 1.92 bits per heavy atom. The maximum atomic E-state index is 13.0. The van der Waals surface area contributed by atoms with Gasteiger partial charge in [0.05, 0.1) is 12.9 Å². The van der Waals surface area contributed by atoms with Gasteiger partial charge in [-0.2, -0.15) is 0 Å². The van der Waals surface area contributed by atoms with Gasteiger partial charge >= 0.3 is 5.97 Å². The molecular formula is C17H19NO7S. The van der Waals surface area contributed by atoms with E-state index in [4.69, 9.17) is 14.2 Å². The Balaban J connectivity index is 2.05. The summed E-state index contributed by atoms with van der Waals surface area (Å²) in [6.07, 6.45) is 0.399. The summed E-state index contributed by atoms with van der Waals surface area (Å²) >= 11 is 0. The van der Waals surface area contributed by atoms with Crippen molar-refractivity contribution in [2.24, 2.45) is 0 Å². The second kappa shape index (κ2) is 6.31. The van der Waals surface area contributed by atoms with E-state index in [1.165, 1.54) is 14.0 Å². The standard InChI is InChI=1S/C17H19NO7S/c1-11(19)24-14-15(20)17(2,12-5-7-13(23-3)8-6-12)25-16(14)18-9-4-10-26(18,21)22/h5-8H,4,9-10H2,1-3H3. The van der Waals surface area contributed by atoms with Gasteiger partial charge in [-0.25, -0.2) is 12.7 Å². The molecule has 0 bridgehead atoms. The van der Waals surface area contributed by atoms with Gasteiger partial charge in [0, 0.05) is 19.0 Å². The number of sulfonamides is 1. The van der Waals surface area contributed by atoms with Crippen molar-refractivity contribution >= 4 is 21.8 Å². The van der Waals surface area contributed by atoms with E-state index in [1.807, 2.05) is 0 Å². The first-order valence-electron chi connectivity index (χ1n) is 8.00.